The first kappa shape index (κ1) is 14.9. The summed E-state index contributed by atoms with van der Waals surface area (Å²) < 4.78 is 0. The van der Waals surface area contributed by atoms with Crippen molar-refractivity contribution in [1.82, 2.24) is 10.2 Å². The highest BCUT2D eigenvalue weighted by molar-refractivity contribution is 6.03. The van der Waals surface area contributed by atoms with Gasteiger partial charge in [-0.15, -0.1) is 0 Å². The molecule has 0 bridgehead atoms. The summed E-state index contributed by atoms with van der Waals surface area (Å²) in [5.41, 5.74) is 0.938. The summed E-state index contributed by atoms with van der Waals surface area (Å²) in [6.07, 6.45) is 0.528. The second-order valence-corrected chi connectivity index (χ2v) is 4.85. The fourth-order valence-electron chi connectivity index (χ4n) is 2.34. The third-order valence-electron chi connectivity index (χ3n) is 3.42. The van der Waals surface area contributed by atoms with Gasteiger partial charge in [-0.1, -0.05) is 19.1 Å². The van der Waals surface area contributed by atoms with Gasteiger partial charge in [0.05, 0.1) is 30.8 Å². The van der Waals surface area contributed by atoms with Crippen LogP contribution in [0.5, 0.6) is 0 Å². The van der Waals surface area contributed by atoms with Crippen LogP contribution in [0.3, 0.4) is 0 Å². The highest BCUT2D eigenvalue weighted by atomic mass is 16.2. The van der Waals surface area contributed by atoms with Gasteiger partial charge in [-0.25, -0.2) is 0 Å². The van der Waals surface area contributed by atoms with Crippen LogP contribution in [0.1, 0.15) is 29.3 Å². The number of piperazine rings is 1. The van der Waals surface area contributed by atoms with Gasteiger partial charge in [-0.05, 0) is 18.6 Å². The van der Waals surface area contributed by atoms with Crippen LogP contribution in [0.15, 0.2) is 24.3 Å². The molecule has 0 aliphatic carbocycles. The molecule has 6 heteroatoms. The minimum absolute atomic E-state index is 0.00354. The maximum absolute atomic E-state index is 12.2. The third kappa shape index (κ3) is 3.33. The van der Waals surface area contributed by atoms with Crippen LogP contribution in [-0.2, 0) is 9.59 Å². The summed E-state index contributed by atoms with van der Waals surface area (Å²) in [4.78, 5) is 37.0. The van der Waals surface area contributed by atoms with E-state index in [2.05, 4.69) is 5.32 Å². The van der Waals surface area contributed by atoms with Gasteiger partial charge in [0.25, 0.3) is 0 Å². The Morgan fingerprint density at radius 2 is 2.05 bits per heavy atom. The molecule has 6 nitrogen and oxygen atoms in total. The first-order valence-corrected chi connectivity index (χ1v) is 6.66. The fraction of sp³-hybridized carbons (Fsp3) is 0.333. The van der Waals surface area contributed by atoms with E-state index in [9.17, 15) is 14.4 Å². The Morgan fingerprint density at radius 1 is 1.38 bits per heavy atom. The molecule has 0 radical (unpaired) electrons. The second kappa shape index (κ2) is 6.29. The van der Waals surface area contributed by atoms with Gasteiger partial charge >= 0.3 is 0 Å². The molecule has 0 spiro atoms. The standard InChI is InChI=1S/C15H15N3O3/c1-2-12-15(21)17-14(20)9-18(12)8-13(19)11-5-3-10(7-16)4-6-11/h3-6,12H,2,8-9H2,1H3,(H,17,20,21). The Morgan fingerprint density at radius 3 is 2.62 bits per heavy atom. The van der Waals surface area contributed by atoms with Gasteiger partial charge in [0.15, 0.2) is 5.78 Å². The van der Waals surface area contributed by atoms with Crippen LogP contribution in [0.4, 0.5) is 0 Å². The van der Waals surface area contributed by atoms with Gasteiger partial charge in [0.1, 0.15) is 0 Å². The molecule has 21 heavy (non-hydrogen) atoms. The molecular weight excluding hydrogens is 270 g/mol. The molecule has 108 valence electrons. The van der Waals surface area contributed by atoms with Crippen molar-refractivity contribution in [1.29, 1.82) is 5.26 Å². The predicted molar refractivity (Wildman–Crippen MR) is 74.3 cm³/mol. The average Bonchev–Trinajstić information content (AvgIpc) is 2.47. The zero-order valence-corrected chi connectivity index (χ0v) is 11.6. The molecule has 1 fully saturated rings. The summed E-state index contributed by atoms with van der Waals surface area (Å²) in [7, 11) is 0. The Kier molecular flexibility index (Phi) is 4.45. The van der Waals surface area contributed by atoms with Crippen molar-refractivity contribution in [3.05, 3.63) is 35.4 Å². The van der Waals surface area contributed by atoms with Crippen molar-refractivity contribution in [2.45, 2.75) is 19.4 Å². The maximum Gasteiger partial charge on any atom is 0.243 e. The van der Waals surface area contributed by atoms with E-state index < -0.39 is 11.9 Å². The Hall–Kier alpha value is -2.52. The van der Waals surface area contributed by atoms with Gasteiger partial charge in [-0.2, -0.15) is 5.26 Å². The Balaban J connectivity index is 2.11. The van der Waals surface area contributed by atoms with Crippen LogP contribution in [0, 0.1) is 11.3 Å². The molecule has 1 aromatic rings. The first-order chi connectivity index (χ1) is 10.0. The van der Waals surface area contributed by atoms with Crippen molar-refractivity contribution in [2.24, 2.45) is 0 Å². The third-order valence-corrected chi connectivity index (χ3v) is 3.42. The molecule has 0 aromatic heterocycles. The molecule has 2 amide bonds. The molecule has 1 N–H and O–H groups in total. The van der Waals surface area contributed by atoms with Crippen LogP contribution in [-0.4, -0.2) is 41.6 Å². The number of nitrogens with one attached hydrogen (secondary N) is 1. The number of imide groups is 1. The lowest BCUT2D eigenvalue weighted by molar-refractivity contribution is -0.139. The van der Waals surface area contributed by atoms with Gasteiger partial charge in [0, 0.05) is 5.56 Å². The minimum atomic E-state index is -0.468. The summed E-state index contributed by atoms with van der Waals surface area (Å²) in [5, 5.41) is 11.0. The topological polar surface area (TPSA) is 90.3 Å². The molecule has 1 unspecified atom stereocenters. The lowest BCUT2D eigenvalue weighted by Gasteiger charge is -2.32. The highest BCUT2D eigenvalue weighted by Crippen LogP contribution is 2.11. The lowest BCUT2D eigenvalue weighted by atomic mass is 10.1. The van der Waals surface area contributed by atoms with Crippen molar-refractivity contribution in [3.8, 4) is 6.07 Å². The quantitative estimate of drug-likeness (QED) is 0.642. The van der Waals surface area contributed by atoms with Crippen LogP contribution in [0.2, 0.25) is 0 Å². The van der Waals surface area contributed by atoms with Crippen LogP contribution >= 0.6 is 0 Å². The Bertz CT molecular complexity index is 616. The van der Waals surface area contributed by atoms with Crippen molar-refractivity contribution in [3.63, 3.8) is 0 Å². The maximum atomic E-state index is 12.2. The number of nitriles is 1. The number of carbonyl (C=O) groups excluding carboxylic acids is 3. The largest absolute Gasteiger partial charge is 0.294 e. The molecule has 1 aliphatic heterocycles. The average molecular weight is 285 g/mol. The summed E-state index contributed by atoms with van der Waals surface area (Å²) in [6, 6.07) is 7.81. The van der Waals surface area contributed by atoms with Crippen molar-refractivity contribution >= 4 is 17.6 Å². The normalized spacial score (nSPS) is 19.0. The molecule has 0 saturated carbocycles. The SMILES string of the molecule is CCC1C(=O)NC(=O)CN1CC(=O)c1ccc(C#N)cc1. The minimum Gasteiger partial charge on any atom is -0.294 e. The van der Waals surface area contributed by atoms with E-state index in [1.54, 1.807) is 29.2 Å². The number of hydrogen-bond donors (Lipinski definition) is 1. The number of rotatable bonds is 4. The number of amides is 2. The van der Waals surface area contributed by atoms with Gasteiger partial charge in [-0.3, -0.25) is 24.6 Å². The number of Topliss-reactive ketones (excluding diaryl/α,β-unsaturated/α-hetero) is 1. The number of carbonyl (C=O) groups is 3. The number of nitrogens with zero attached hydrogens (tertiary/aromatic N) is 2. The summed E-state index contributed by atoms with van der Waals surface area (Å²) in [5.74, 6) is -0.931. The first-order valence-electron chi connectivity index (χ1n) is 6.66. The molecule has 2 rings (SSSR count). The van der Waals surface area contributed by atoms with E-state index in [4.69, 9.17) is 5.26 Å². The lowest BCUT2D eigenvalue weighted by Crippen LogP contribution is -2.58. The fourth-order valence-corrected chi connectivity index (χ4v) is 2.34. The smallest absolute Gasteiger partial charge is 0.243 e. The summed E-state index contributed by atoms with van der Waals surface area (Å²) >= 11 is 0. The van der Waals surface area contributed by atoms with E-state index in [-0.39, 0.29) is 24.8 Å². The molecule has 1 heterocycles. The number of ketones is 1. The monoisotopic (exact) mass is 285 g/mol. The van der Waals surface area contributed by atoms with E-state index in [1.807, 2.05) is 13.0 Å². The second-order valence-electron chi connectivity index (χ2n) is 4.85. The van der Waals surface area contributed by atoms with E-state index in [0.29, 0.717) is 17.5 Å². The molecule has 1 atom stereocenters. The van der Waals surface area contributed by atoms with Gasteiger partial charge in [0.2, 0.25) is 11.8 Å². The molecule has 1 aliphatic rings. The zero-order valence-electron chi connectivity index (χ0n) is 11.6. The van der Waals surface area contributed by atoms with Gasteiger partial charge < -0.3 is 0 Å². The van der Waals surface area contributed by atoms with E-state index in [1.165, 1.54) is 0 Å². The van der Waals surface area contributed by atoms with Crippen LogP contribution < -0.4 is 5.32 Å². The summed E-state index contributed by atoms with van der Waals surface area (Å²) in [6.45, 7) is 1.87. The number of hydrogen-bond acceptors (Lipinski definition) is 5. The van der Waals surface area contributed by atoms with E-state index >= 15 is 0 Å². The molecular formula is C15H15N3O3. The van der Waals surface area contributed by atoms with E-state index in [0.717, 1.165) is 0 Å². The predicted octanol–water partition coefficient (Wildman–Crippen LogP) is 0.478. The Labute approximate surface area is 122 Å². The van der Waals surface area contributed by atoms with Crippen molar-refractivity contribution in [2.75, 3.05) is 13.1 Å². The molecule has 1 saturated heterocycles. The van der Waals surface area contributed by atoms with Crippen molar-refractivity contribution < 1.29 is 14.4 Å². The zero-order chi connectivity index (χ0) is 15.4. The number of benzene rings is 1. The highest BCUT2D eigenvalue weighted by Gasteiger charge is 2.33. The molecule has 1 aromatic carbocycles. The van der Waals surface area contributed by atoms with Crippen LogP contribution in [0.25, 0.3) is 0 Å².